The minimum absolute atomic E-state index is 0.199. The molecule has 2 aromatic rings. The predicted octanol–water partition coefficient (Wildman–Crippen LogP) is 4.41. The van der Waals surface area contributed by atoms with E-state index in [9.17, 15) is 0 Å². The molecule has 0 saturated carbocycles. The highest BCUT2D eigenvalue weighted by Gasteiger charge is 2.17. The molecule has 0 aliphatic heterocycles. The minimum Gasteiger partial charge on any atom is -0.496 e. The molecule has 20 heavy (non-hydrogen) atoms. The molecule has 1 aromatic heterocycles. The van der Waals surface area contributed by atoms with Gasteiger partial charge < -0.3 is 10.1 Å². The summed E-state index contributed by atoms with van der Waals surface area (Å²) in [6.45, 7) is 2.23. The Kier molecular flexibility index (Phi) is 5.62. The largest absolute Gasteiger partial charge is 0.496 e. The van der Waals surface area contributed by atoms with Gasteiger partial charge >= 0.3 is 0 Å². The van der Waals surface area contributed by atoms with Crippen LogP contribution in [0.4, 0.5) is 0 Å². The van der Waals surface area contributed by atoms with Crippen LogP contribution in [0.15, 0.2) is 35.7 Å². The maximum Gasteiger partial charge on any atom is 0.134 e. The molecular formula is C17H23NOS. The number of thiophene rings is 1. The fraction of sp³-hybridized carbons (Fsp3) is 0.412. The molecule has 0 spiro atoms. The van der Waals surface area contributed by atoms with Crippen LogP contribution in [0.25, 0.3) is 0 Å². The second kappa shape index (κ2) is 7.46. The lowest BCUT2D eigenvalue weighted by Gasteiger charge is -2.17. The van der Waals surface area contributed by atoms with Crippen LogP contribution in [0.2, 0.25) is 0 Å². The summed E-state index contributed by atoms with van der Waals surface area (Å²) in [4.78, 5) is 1.23. The number of nitrogens with one attached hydrogen (secondary N) is 1. The third-order valence-electron chi connectivity index (χ3n) is 3.56. The Labute approximate surface area is 125 Å². The highest BCUT2D eigenvalue weighted by atomic mass is 32.1. The van der Waals surface area contributed by atoms with Gasteiger partial charge in [0.2, 0.25) is 0 Å². The average molecular weight is 289 g/mol. The molecule has 0 bridgehead atoms. The summed E-state index contributed by atoms with van der Waals surface area (Å²) < 4.78 is 5.44. The van der Waals surface area contributed by atoms with Gasteiger partial charge in [-0.25, -0.2) is 0 Å². The zero-order valence-electron chi connectivity index (χ0n) is 12.5. The number of methoxy groups -OCH3 is 1. The third-order valence-corrected chi connectivity index (χ3v) is 4.52. The SMILES string of the molecule is CCCCc1ccc(C(NC)c2sccc2OC)cc1. The molecule has 1 N–H and O–H groups in total. The van der Waals surface area contributed by atoms with Gasteiger partial charge in [0.05, 0.1) is 18.0 Å². The van der Waals surface area contributed by atoms with Gasteiger partial charge in [-0.3, -0.25) is 0 Å². The van der Waals surface area contributed by atoms with Gasteiger partial charge in [-0.05, 0) is 42.5 Å². The van der Waals surface area contributed by atoms with E-state index in [0.717, 1.165) is 5.75 Å². The summed E-state index contributed by atoms with van der Waals surface area (Å²) in [5, 5.41) is 5.47. The van der Waals surface area contributed by atoms with E-state index in [4.69, 9.17) is 4.74 Å². The number of ether oxygens (including phenoxy) is 1. The van der Waals surface area contributed by atoms with Gasteiger partial charge in [-0.2, -0.15) is 0 Å². The number of aryl methyl sites for hydroxylation is 1. The predicted molar refractivity (Wildman–Crippen MR) is 86.8 cm³/mol. The zero-order valence-corrected chi connectivity index (χ0v) is 13.3. The van der Waals surface area contributed by atoms with Crippen molar-refractivity contribution in [2.45, 2.75) is 32.2 Å². The van der Waals surface area contributed by atoms with Crippen molar-refractivity contribution >= 4 is 11.3 Å². The van der Waals surface area contributed by atoms with Crippen molar-refractivity contribution in [1.29, 1.82) is 0 Å². The molecule has 0 radical (unpaired) electrons. The molecule has 0 aliphatic rings. The molecular weight excluding hydrogens is 266 g/mol. The van der Waals surface area contributed by atoms with Gasteiger partial charge in [0.1, 0.15) is 5.75 Å². The molecule has 3 heteroatoms. The molecule has 2 rings (SSSR count). The van der Waals surface area contributed by atoms with Crippen molar-refractivity contribution in [3.8, 4) is 5.75 Å². The number of rotatable bonds is 7. The Hall–Kier alpha value is -1.32. The van der Waals surface area contributed by atoms with Crippen LogP contribution in [-0.4, -0.2) is 14.2 Å². The lowest BCUT2D eigenvalue weighted by Crippen LogP contribution is -2.17. The second-order valence-corrected chi connectivity index (χ2v) is 5.87. The molecule has 108 valence electrons. The molecule has 0 amide bonds. The van der Waals surface area contributed by atoms with Crippen molar-refractivity contribution in [3.63, 3.8) is 0 Å². The molecule has 1 unspecified atom stereocenters. The minimum atomic E-state index is 0.199. The summed E-state index contributed by atoms with van der Waals surface area (Å²) in [5.41, 5.74) is 2.71. The van der Waals surface area contributed by atoms with E-state index >= 15 is 0 Å². The van der Waals surface area contributed by atoms with Crippen molar-refractivity contribution in [3.05, 3.63) is 51.7 Å². The molecule has 0 saturated heterocycles. The maximum absolute atomic E-state index is 5.44. The molecule has 2 nitrogen and oxygen atoms in total. The monoisotopic (exact) mass is 289 g/mol. The van der Waals surface area contributed by atoms with Crippen LogP contribution in [-0.2, 0) is 6.42 Å². The highest BCUT2D eigenvalue weighted by Crippen LogP contribution is 2.34. The zero-order chi connectivity index (χ0) is 14.4. The number of hydrogen-bond donors (Lipinski definition) is 1. The van der Waals surface area contributed by atoms with E-state index < -0.39 is 0 Å². The Bertz CT molecular complexity index is 518. The maximum atomic E-state index is 5.44. The normalized spacial score (nSPS) is 12.3. The molecule has 1 heterocycles. The molecule has 0 aliphatic carbocycles. The topological polar surface area (TPSA) is 21.3 Å². The van der Waals surface area contributed by atoms with Gasteiger partial charge in [-0.15, -0.1) is 11.3 Å². The van der Waals surface area contributed by atoms with Crippen LogP contribution in [0.5, 0.6) is 5.75 Å². The molecule has 0 fully saturated rings. The first kappa shape index (κ1) is 15.1. The van der Waals surface area contributed by atoms with Crippen molar-refractivity contribution < 1.29 is 4.74 Å². The Morgan fingerprint density at radius 3 is 2.55 bits per heavy atom. The first-order chi connectivity index (χ1) is 9.80. The Morgan fingerprint density at radius 1 is 1.20 bits per heavy atom. The van der Waals surface area contributed by atoms with Gasteiger partial charge in [0.25, 0.3) is 0 Å². The van der Waals surface area contributed by atoms with Crippen LogP contribution in [0.3, 0.4) is 0 Å². The average Bonchev–Trinajstić information content (AvgIpc) is 2.95. The van der Waals surface area contributed by atoms with E-state index in [2.05, 4.69) is 41.9 Å². The van der Waals surface area contributed by atoms with E-state index in [1.165, 1.54) is 35.3 Å². The van der Waals surface area contributed by atoms with Crippen molar-refractivity contribution in [2.75, 3.05) is 14.2 Å². The number of benzene rings is 1. The Balaban J connectivity index is 2.19. The third kappa shape index (κ3) is 3.41. The van der Waals surface area contributed by atoms with Gasteiger partial charge in [-0.1, -0.05) is 37.6 Å². The fourth-order valence-corrected chi connectivity index (χ4v) is 3.39. The van der Waals surface area contributed by atoms with Crippen LogP contribution in [0, 0.1) is 0 Å². The number of hydrogen-bond acceptors (Lipinski definition) is 3. The second-order valence-electron chi connectivity index (χ2n) is 4.92. The van der Waals surface area contributed by atoms with Gasteiger partial charge in [0.15, 0.2) is 0 Å². The summed E-state index contributed by atoms with van der Waals surface area (Å²) in [6, 6.07) is 11.2. The lowest BCUT2D eigenvalue weighted by molar-refractivity contribution is 0.408. The van der Waals surface area contributed by atoms with E-state index in [1.807, 2.05) is 13.1 Å². The smallest absolute Gasteiger partial charge is 0.134 e. The van der Waals surface area contributed by atoms with E-state index in [0.29, 0.717) is 0 Å². The molecule has 1 atom stereocenters. The summed E-state index contributed by atoms with van der Waals surface area (Å²) in [5.74, 6) is 0.962. The Morgan fingerprint density at radius 2 is 1.95 bits per heavy atom. The van der Waals surface area contributed by atoms with Gasteiger partial charge in [0, 0.05) is 0 Å². The standard InChI is InChI=1S/C17H23NOS/c1-4-5-6-13-7-9-14(10-8-13)16(18-2)17-15(19-3)11-12-20-17/h7-12,16,18H,4-6H2,1-3H3. The highest BCUT2D eigenvalue weighted by molar-refractivity contribution is 7.10. The summed E-state index contributed by atoms with van der Waals surface area (Å²) in [7, 11) is 3.72. The fourth-order valence-electron chi connectivity index (χ4n) is 2.40. The first-order valence-electron chi connectivity index (χ1n) is 7.17. The van der Waals surface area contributed by atoms with Crippen LogP contribution < -0.4 is 10.1 Å². The number of unbranched alkanes of at least 4 members (excludes halogenated alkanes) is 1. The van der Waals surface area contributed by atoms with Crippen molar-refractivity contribution in [2.24, 2.45) is 0 Å². The van der Waals surface area contributed by atoms with Crippen molar-refractivity contribution in [1.82, 2.24) is 5.32 Å². The molecule has 1 aromatic carbocycles. The quantitative estimate of drug-likeness (QED) is 0.815. The summed E-state index contributed by atoms with van der Waals surface area (Å²) in [6.07, 6.45) is 3.67. The lowest BCUT2D eigenvalue weighted by atomic mass is 10.0. The van der Waals surface area contributed by atoms with E-state index in [1.54, 1.807) is 18.4 Å². The van der Waals surface area contributed by atoms with Crippen LogP contribution >= 0.6 is 11.3 Å². The summed E-state index contributed by atoms with van der Waals surface area (Å²) >= 11 is 1.73. The van der Waals surface area contributed by atoms with E-state index in [-0.39, 0.29) is 6.04 Å². The first-order valence-corrected chi connectivity index (χ1v) is 8.05. The van der Waals surface area contributed by atoms with Crippen LogP contribution in [0.1, 0.15) is 41.8 Å².